The molecule has 2 aromatic rings. The quantitative estimate of drug-likeness (QED) is 0.807. The van der Waals surface area contributed by atoms with Gasteiger partial charge in [-0.3, -0.25) is 18.7 Å². The first-order chi connectivity index (χ1) is 10.3. The fraction of sp³-hybridized carbons (Fsp3) is 0.571. The number of hydrogen-bond donors (Lipinski definition) is 2. The van der Waals surface area contributed by atoms with Crippen molar-refractivity contribution in [2.24, 2.45) is 13.0 Å². The molecule has 2 rings (SSSR count). The maximum atomic E-state index is 12.2. The number of H-pyrrole nitrogens is 1. The number of carbonyl (C=O) groups is 1. The van der Waals surface area contributed by atoms with Crippen LogP contribution in [0.3, 0.4) is 0 Å². The van der Waals surface area contributed by atoms with Gasteiger partial charge in [-0.1, -0.05) is 13.8 Å². The minimum Gasteiger partial charge on any atom is -0.481 e. The molecule has 22 heavy (non-hydrogen) atoms. The lowest BCUT2D eigenvalue weighted by Gasteiger charge is -2.10. The molecule has 0 saturated carbocycles. The first-order valence-electron chi connectivity index (χ1n) is 7.21. The molecule has 8 nitrogen and oxygen atoms in total. The van der Waals surface area contributed by atoms with Crippen molar-refractivity contribution >= 4 is 17.1 Å². The van der Waals surface area contributed by atoms with Gasteiger partial charge < -0.3 is 10.1 Å². The lowest BCUT2D eigenvalue weighted by Crippen LogP contribution is -2.38. The van der Waals surface area contributed by atoms with Crippen LogP contribution in [0.15, 0.2) is 9.59 Å². The van der Waals surface area contributed by atoms with Gasteiger partial charge in [0.15, 0.2) is 5.65 Å². The summed E-state index contributed by atoms with van der Waals surface area (Å²) in [7, 11) is 1.44. The molecule has 8 heteroatoms. The van der Waals surface area contributed by atoms with Gasteiger partial charge in [-0.15, -0.1) is 0 Å². The average Bonchev–Trinajstić information content (AvgIpc) is 2.84. The number of carboxylic acid groups (broad SMARTS) is 1. The third kappa shape index (κ3) is 3.10. The Bertz CT molecular complexity index is 813. The molecular formula is C14H20N4O4. The number of aromatic nitrogens is 4. The Morgan fingerprint density at radius 2 is 2.05 bits per heavy atom. The lowest BCUT2D eigenvalue weighted by atomic mass is 10.2. The monoisotopic (exact) mass is 308 g/mol. The van der Waals surface area contributed by atoms with Gasteiger partial charge in [-0.25, -0.2) is 9.78 Å². The molecule has 2 N–H and O–H groups in total. The van der Waals surface area contributed by atoms with E-state index in [-0.39, 0.29) is 17.9 Å². The third-order valence-corrected chi connectivity index (χ3v) is 3.38. The maximum absolute atomic E-state index is 12.2. The molecule has 0 aliphatic carbocycles. The summed E-state index contributed by atoms with van der Waals surface area (Å²) in [6.45, 7) is 4.41. The van der Waals surface area contributed by atoms with Crippen LogP contribution in [0.5, 0.6) is 0 Å². The predicted molar refractivity (Wildman–Crippen MR) is 81.0 cm³/mol. The molecule has 0 radical (unpaired) electrons. The standard InChI is InChI=1S/C14H20N4O4/c1-8(2)7-18-12-11(13(21)17(3)14(18)22)15-9(16-12)5-4-6-10(19)20/h8H,4-7H2,1-3H3,(H,15,16)(H,19,20). The number of nitrogens with one attached hydrogen (secondary N) is 1. The smallest absolute Gasteiger partial charge is 0.332 e. The van der Waals surface area contributed by atoms with Crippen LogP contribution in [0.1, 0.15) is 32.5 Å². The molecular weight excluding hydrogens is 288 g/mol. The van der Waals surface area contributed by atoms with Crippen molar-refractivity contribution in [1.29, 1.82) is 0 Å². The van der Waals surface area contributed by atoms with Crippen molar-refractivity contribution in [3.63, 3.8) is 0 Å². The third-order valence-electron chi connectivity index (χ3n) is 3.38. The molecule has 0 amide bonds. The van der Waals surface area contributed by atoms with E-state index in [4.69, 9.17) is 5.11 Å². The Balaban J connectivity index is 2.49. The van der Waals surface area contributed by atoms with Crippen LogP contribution in [0.2, 0.25) is 0 Å². The van der Waals surface area contributed by atoms with Crippen molar-refractivity contribution in [1.82, 2.24) is 19.1 Å². The zero-order chi connectivity index (χ0) is 16.4. The molecule has 0 aliphatic rings. The Morgan fingerprint density at radius 1 is 1.36 bits per heavy atom. The molecule has 2 aromatic heterocycles. The van der Waals surface area contributed by atoms with Crippen molar-refractivity contribution < 1.29 is 9.90 Å². The van der Waals surface area contributed by atoms with Crippen LogP contribution in [-0.4, -0.2) is 30.2 Å². The normalized spacial score (nSPS) is 11.5. The van der Waals surface area contributed by atoms with Gasteiger partial charge in [0.2, 0.25) is 0 Å². The minimum atomic E-state index is -0.872. The molecule has 0 bridgehead atoms. The lowest BCUT2D eigenvalue weighted by molar-refractivity contribution is -0.137. The maximum Gasteiger partial charge on any atom is 0.332 e. The number of rotatable bonds is 6. The van der Waals surface area contributed by atoms with Crippen LogP contribution in [0, 0.1) is 5.92 Å². The number of nitrogens with zero attached hydrogens (tertiary/aromatic N) is 3. The Hall–Kier alpha value is -2.38. The van der Waals surface area contributed by atoms with Gasteiger partial charge in [-0.2, -0.15) is 0 Å². The van der Waals surface area contributed by atoms with E-state index in [0.717, 1.165) is 4.57 Å². The molecule has 0 fully saturated rings. The van der Waals surface area contributed by atoms with E-state index in [1.165, 1.54) is 11.6 Å². The largest absolute Gasteiger partial charge is 0.481 e. The van der Waals surface area contributed by atoms with Crippen LogP contribution >= 0.6 is 0 Å². The Labute approximate surface area is 126 Å². The van der Waals surface area contributed by atoms with Crippen molar-refractivity contribution in [2.45, 2.75) is 39.7 Å². The van der Waals surface area contributed by atoms with E-state index in [1.54, 1.807) is 0 Å². The van der Waals surface area contributed by atoms with Gasteiger partial charge >= 0.3 is 11.7 Å². The average molecular weight is 308 g/mol. The van der Waals surface area contributed by atoms with Crippen molar-refractivity contribution in [2.75, 3.05) is 0 Å². The number of hydrogen-bond acceptors (Lipinski definition) is 4. The highest BCUT2D eigenvalue weighted by atomic mass is 16.4. The summed E-state index contributed by atoms with van der Waals surface area (Å²) in [6, 6.07) is 0. The fourth-order valence-corrected chi connectivity index (χ4v) is 2.34. The van der Waals surface area contributed by atoms with Gasteiger partial charge in [-0.05, 0) is 12.3 Å². The second kappa shape index (κ2) is 6.17. The number of aromatic amines is 1. The molecule has 0 atom stereocenters. The molecule has 0 spiro atoms. The molecule has 120 valence electrons. The number of aliphatic carboxylic acids is 1. The molecule has 0 aliphatic heterocycles. The highest BCUT2D eigenvalue weighted by molar-refractivity contribution is 5.70. The number of aryl methyl sites for hydroxylation is 1. The summed E-state index contributed by atoms with van der Waals surface area (Å²) in [5.74, 6) is -0.120. The van der Waals surface area contributed by atoms with E-state index in [9.17, 15) is 14.4 Å². The van der Waals surface area contributed by atoms with Crippen LogP contribution in [-0.2, 0) is 24.8 Å². The number of imidazole rings is 1. The second-order valence-corrected chi connectivity index (χ2v) is 5.78. The van der Waals surface area contributed by atoms with Crippen LogP contribution in [0.4, 0.5) is 0 Å². The van der Waals surface area contributed by atoms with Gasteiger partial charge in [0.05, 0.1) is 0 Å². The van der Waals surface area contributed by atoms with E-state index < -0.39 is 17.2 Å². The molecule has 2 heterocycles. The zero-order valence-electron chi connectivity index (χ0n) is 12.9. The predicted octanol–water partition coefficient (Wildman–Crippen LogP) is 0.487. The summed E-state index contributed by atoms with van der Waals surface area (Å²) < 4.78 is 2.54. The highest BCUT2D eigenvalue weighted by Gasteiger charge is 2.16. The van der Waals surface area contributed by atoms with E-state index in [1.807, 2.05) is 13.8 Å². The summed E-state index contributed by atoms with van der Waals surface area (Å²) in [5, 5.41) is 8.66. The fourth-order valence-electron chi connectivity index (χ4n) is 2.34. The van der Waals surface area contributed by atoms with Gasteiger partial charge in [0.25, 0.3) is 5.56 Å². The SMILES string of the molecule is CC(C)Cn1c(=O)n(C)c(=O)c2[nH]c(CCCC(=O)O)nc21. The molecule has 0 saturated heterocycles. The van der Waals surface area contributed by atoms with E-state index in [2.05, 4.69) is 9.97 Å². The molecule has 0 unspecified atom stereocenters. The highest BCUT2D eigenvalue weighted by Crippen LogP contribution is 2.10. The second-order valence-electron chi connectivity index (χ2n) is 5.78. The van der Waals surface area contributed by atoms with Gasteiger partial charge in [0, 0.05) is 26.4 Å². The first kappa shape index (κ1) is 16.0. The first-order valence-corrected chi connectivity index (χ1v) is 7.21. The molecule has 0 aromatic carbocycles. The topological polar surface area (TPSA) is 110 Å². The summed E-state index contributed by atoms with van der Waals surface area (Å²) in [6.07, 6.45) is 0.873. The van der Waals surface area contributed by atoms with Crippen molar-refractivity contribution in [3.8, 4) is 0 Å². The Kier molecular flexibility index (Phi) is 4.48. The summed E-state index contributed by atoms with van der Waals surface area (Å²) in [5.41, 5.74) is -0.188. The van der Waals surface area contributed by atoms with Gasteiger partial charge in [0.1, 0.15) is 11.3 Å². The summed E-state index contributed by atoms with van der Waals surface area (Å²) in [4.78, 5) is 42.2. The number of fused-ring (bicyclic) bond motifs is 1. The Morgan fingerprint density at radius 3 is 2.64 bits per heavy atom. The van der Waals surface area contributed by atoms with Crippen LogP contribution in [0.25, 0.3) is 11.2 Å². The van der Waals surface area contributed by atoms with E-state index >= 15 is 0 Å². The van der Waals surface area contributed by atoms with Crippen molar-refractivity contribution in [3.05, 3.63) is 26.7 Å². The van der Waals surface area contributed by atoms with Crippen LogP contribution < -0.4 is 11.2 Å². The zero-order valence-corrected chi connectivity index (χ0v) is 12.9. The minimum absolute atomic E-state index is 0.0356. The number of carboxylic acids is 1. The summed E-state index contributed by atoms with van der Waals surface area (Å²) >= 11 is 0. The van der Waals surface area contributed by atoms with E-state index in [0.29, 0.717) is 30.9 Å².